The molecular formula is C78H147NO10. The summed E-state index contributed by atoms with van der Waals surface area (Å²) in [6.45, 7) is 5.84. The summed E-state index contributed by atoms with van der Waals surface area (Å²) < 4.78 is 17.8. The van der Waals surface area contributed by atoms with Crippen LogP contribution < -0.4 is 5.32 Å². The van der Waals surface area contributed by atoms with E-state index in [4.69, 9.17) is 14.2 Å². The fourth-order valence-electron chi connectivity index (χ4n) is 12.5. The molecule has 1 heterocycles. The van der Waals surface area contributed by atoms with E-state index in [1.807, 2.05) is 6.08 Å². The molecule has 11 heteroatoms. The maximum Gasteiger partial charge on any atom is 0.306 e. The molecule has 1 saturated heterocycles. The third kappa shape index (κ3) is 52.9. The number of hydrogen-bond donors (Lipinski definition) is 6. The monoisotopic (exact) mass is 1260 g/mol. The van der Waals surface area contributed by atoms with Gasteiger partial charge in [-0.25, -0.2) is 0 Å². The van der Waals surface area contributed by atoms with Gasteiger partial charge in [-0.1, -0.05) is 359 Å². The summed E-state index contributed by atoms with van der Waals surface area (Å²) in [5.74, 6) is -1.17. The van der Waals surface area contributed by atoms with Crippen molar-refractivity contribution in [1.29, 1.82) is 0 Å². The van der Waals surface area contributed by atoms with Gasteiger partial charge in [-0.05, 0) is 57.8 Å². The van der Waals surface area contributed by atoms with Crippen LogP contribution in [0.25, 0.3) is 0 Å². The van der Waals surface area contributed by atoms with Crippen LogP contribution in [0.2, 0.25) is 0 Å². The van der Waals surface area contributed by atoms with Gasteiger partial charge in [-0.3, -0.25) is 9.59 Å². The van der Waals surface area contributed by atoms with E-state index in [1.54, 1.807) is 6.08 Å². The molecule has 1 amide bonds. The number of unbranched alkanes of at least 4 members (excludes halogenated alkanes) is 50. The van der Waals surface area contributed by atoms with E-state index < -0.39 is 67.4 Å². The predicted octanol–water partition coefficient (Wildman–Crippen LogP) is 20.5. The molecule has 1 rings (SSSR count). The topological polar surface area (TPSA) is 175 Å². The van der Waals surface area contributed by atoms with Gasteiger partial charge in [0.25, 0.3) is 0 Å². The van der Waals surface area contributed by atoms with Gasteiger partial charge in [-0.2, -0.15) is 0 Å². The quantitative estimate of drug-likeness (QED) is 0.0195. The van der Waals surface area contributed by atoms with Crippen molar-refractivity contribution < 1.29 is 49.3 Å². The molecule has 8 unspecified atom stereocenters. The van der Waals surface area contributed by atoms with E-state index in [1.165, 1.54) is 276 Å². The van der Waals surface area contributed by atoms with E-state index in [9.17, 15) is 35.1 Å². The highest BCUT2D eigenvalue weighted by Crippen LogP contribution is 2.27. The number of amides is 1. The van der Waals surface area contributed by atoms with Gasteiger partial charge in [0, 0.05) is 6.42 Å². The van der Waals surface area contributed by atoms with Gasteiger partial charge in [0.2, 0.25) is 5.91 Å². The second-order valence-electron chi connectivity index (χ2n) is 27.1. The van der Waals surface area contributed by atoms with Crippen LogP contribution in [-0.2, 0) is 23.8 Å². The van der Waals surface area contributed by atoms with Gasteiger partial charge in [0.15, 0.2) is 12.4 Å². The summed E-state index contributed by atoms with van der Waals surface area (Å²) in [6, 6.07) is -1.02. The maximum absolute atomic E-state index is 13.5. The first-order chi connectivity index (χ1) is 43.7. The summed E-state index contributed by atoms with van der Waals surface area (Å²) in [7, 11) is 0. The largest absolute Gasteiger partial charge is 0.454 e. The summed E-state index contributed by atoms with van der Waals surface area (Å²) in [6.07, 6.45) is 71.9. The van der Waals surface area contributed by atoms with E-state index in [2.05, 4.69) is 50.4 Å². The van der Waals surface area contributed by atoms with E-state index in [-0.39, 0.29) is 13.0 Å². The third-order valence-electron chi connectivity index (χ3n) is 18.5. The average molecular weight is 1260 g/mol. The van der Waals surface area contributed by atoms with Crippen LogP contribution in [0.15, 0.2) is 36.5 Å². The maximum atomic E-state index is 13.5. The van der Waals surface area contributed by atoms with Crippen molar-refractivity contribution in [2.45, 2.75) is 436 Å². The molecule has 1 aliphatic rings. The van der Waals surface area contributed by atoms with Crippen LogP contribution in [0.3, 0.4) is 0 Å². The lowest BCUT2D eigenvalue weighted by atomic mass is 9.99. The fourth-order valence-corrected chi connectivity index (χ4v) is 12.5. The lowest BCUT2D eigenvalue weighted by molar-refractivity contribution is -0.305. The third-order valence-corrected chi connectivity index (χ3v) is 18.5. The smallest absolute Gasteiger partial charge is 0.306 e. The SMILES string of the molecule is CCCCC/C=C\C/C=C\CCCCCCCCCCCCCCCC(=O)OC1C(OCC(NC(=O)C(O)CCCCCCCCCCCCCCCCCCCCCCCCCC)C(O)/C=C/CCCCCCCCCCCCC)OC(CO)C(O)C1O. The van der Waals surface area contributed by atoms with Crippen LogP contribution in [0.4, 0.5) is 0 Å². The number of ether oxygens (including phenoxy) is 3. The minimum atomic E-state index is -1.61. The second kappa shape index (κ2) is 65.9. The number of aliphatic hydroxyl groups is 5. The van der Waals surface area contributed by atoms with Gasteiger partial charge in [0.1, 0.15) is 24.4 Å². The van der Waals surface area contributed by atoms with Crippen LogP contribution >= 0.6 is 0 Å². The summed E-state index contributed by atoms with van der Waals surface area (Å²) >= 11 is 0. The number of aliphatic hydroxyl groups excluding tert-OH is 5. The first-order valence-electron chi connectivity index (χ1n) is 38.8. The molecular weight excluding hydrogens is 1110 g/mol. The van der Waals surface area contributed by atoms with Crippen molar-refractivity contribution in [3.63, 3.8) is 0 Å². The van der Waals surface area contributed by atoms with Crippen molar-refractivity contribution >= 4 is 11.9 Å². The molecule has 1 aliphatic heterocycles. The van der Waals surface area contributed by atoms with E-state index in [0.717, 1.165) is 64.2 Å². The second-order valence-corrected chi connectivity index (χ2v) is 27.1. The molecule has 89 heavy (non-hydrogen) atoms. The molecule has 0 radical (unpaired) electrons. The predicted molar refractivity (Wildman–Crippen MR) is 375 cm³/mol. The number of rotatable bonds is 68. The zero-order valence-corrected chi connectivity index (χ0v) is 58.6. The van der Waals surface area contributed by atoms with Crippen LogP contribution in [0.1, 0.15) is 387 Å². The standard InChI is InChI=1S/C78H147NO10/c1-4-7-10-13-16-19-22-25-27-29-31-33-35-37-38-40-42-44-47-50-53-56-59-62-65-71(82)77(86)79-69(70(81)64-61-58-55-52-49-46-24-21-18-15-12-9-6-3)68-87-78-76(75(85)74(84)72(67-80)88-78)89-73(83)66-63-60-57-54-51-48-45-43-41-39-36-34-32-30-28-26-23-20-17-14-11-8-5-2/h17,20,26,28,61,64,69-72,74-76,78,80-82,84-85H,4-16,18-19,21-25,27,29-60,62-63,65-68H2,1-3H3,(H,79,86)/b20-17-,28-26-,64-61+. The Hall–Kier alpha value is -2.12. The Morgan fingerprint density at radius 3 is 1.17 bits per heavy atom. The normalized spacial score (nSPS) is 18.2. The Labute approximate surface area is 549 Å². The molecule has 0 aromatic heterocycles. The minimum Gasteiger partial charge on any atom is -0.454 e. The number of hydrogen-bond acceptors (Lipinski definition) is 10. The number of carbonyl (C=O) groups excluding carboxylic acids is 2. The Kier molecular flexibility index (Phi) is 62.9. The van der Waals surface area contributed by atoms with Crippen molar-refractivity contribution in [2.24, 2.45) is 0 Å². The Bertz CT molecular complexity index is 1590. The van der Waals surface area contributed by atoms with Crippen LogP contribution in [0.5, 0.6) is 0 Å². The first kappa shape index (κ1) is 84.9. The average Bonchev–Trinajstić information content (AvgIpc) is 3.20. The zero-order chi connectivity index (χ0) is 64.6. The molecule has 6 N–H and O–H groups in total. The molecule has 0 spiro atoms. The molecule has 524 valence electrons. The van der Waals surface area contributed by atoms with Gasteiger partial charge >= 0.3 is 5.97 Å². The van der Waals surface area contributed by atoms with Gasteiger partial charge in [0.05, 0.1) is 25.4 Å². The Balaban J connectivity index is 2.53. The number of allylic oxidation sites excluding steroid dienone is 5. The van der Waals surface area contributed by atoms with Crippen LogP contribution in [0, 0.1) is 0 Å². The number of carbonyl (C=O) groups is 2. The van der Waals surface area contributed by atoms with Crippen LogP contribution in [-0.4, -0.2) is 99.6 Å². The molecule has 1 fully saturated rings. The lowest BCUT2D eigenvalue weighted by Gasteiger charge is -2.41. The highest BCUT2D eigenvalue weighted by Gasteiger charge is 2.47. The zero-order valence-electron chi connectivity index (χ0n) is 58.6. The van der Waals surface area contributed by atoms with Gasteiger partial charge < -0.3 is 45.1 Å². The molecule has 8 atom stereocenters. The number of esters is 1. The fraction of sp³-hybridized carbons (Fsp3) is 0.897. The summed E-state index contributed by atoms with van der Waals surface area (Å²) in [5.41, 5.74) is 0. The highest BCUT2D eigenvalue weighted by molar-refractivity contribution is 5.80. The summed E-state index contributed by atoms with van der Waals surface area (Å²) in [4.78, 5) is 26.8. The molecule has 0 bridgehead atoms. The number of nitrogens with one attached hydrogen (secondary N) is 1. The van der Waals surface area contributed by atoms with E-state index >= 15 is 0 Å². The minimum absolute atomic E-state index is 0.126. The first-order valence-corrected chi connectivity index (χ1v) is 38.8. The molecule has 11 nitrogen and oxygen atoms in total. The molecule has 0 aliphatic carbocycles. The van der Waals surface area contributed by atoms with Gasteiger partial charge in [-0.15, -0.1) is 0 Å². The molecule has 0 saturated carbocycles. The summed E-state index contributed by atoms with van der Waals surface area (Å²) in [5, 5.41) is 57.4. The van der Waals surface area contributed by atoms with Crippen molar-refractivity contribution in [1.82, 2.24) is 5.32 Å². The lowest BCUT2D eigenvalue weighted by Crippen LogP contribution is -2.61. The van der Waals surface area contributed by atoms with Crippen molar-refractivity contribution in [2.75, 3.05) is 13.2 Å². The Morgan fingerprint density at radius 2 is 0.775 bits per heavy atom. The molecule has 0 aromatic carbocycles. The van der Waals surface area contributed by atoms with Crippen molar-refractivity contribution in [3.05, 3.63) is 36.5 Å². The highest BCUT2D eigenvalue weighted by atomic mass is 16.7. The van der Waals surface area contributed by atoms with E-state index in [0.29, 0.717) is 19.3 Å². The molecule has 0 aromatic rings. The Morgan fingerprint density at radius 1 is 0.438 bits per heavy atom. The van der Waals surface area contributed by atoms with Crippen molar-refractivity contribution in [3.8, 4) is 0 Å².